The normalized spacial score (nSPS) is 12.2. The third kappa shape index (κ3) is 3.75. The van der Waals surface area contributed by atoms with Crippen LogP contribution in [0.2, 0.25) is 0 Å². The van der Waals surface area contributed by atoms with Gasteiger partial charge in [0.15, 0.2) is 0 Å². The monoisotopic (exact) mass is 323 g/mol. The Bertz CT molecular complexity index is 827. The van der Waals surface area contributed by atoms with E-state index in [1.165, 1.54) is 0 Å². The summed E-state index contributed by atoms with van der Waals surface area (Å²) in [5, 5.41) is 4.19. The lowest BCUT2D eigenvalue weighted by Gasteiger charge is -2.10. The highest BCUT2D eigenvalue weighted by Gasteiger charge is 2.10. The van der Waals surface area contributed by atoms with Crippen LogP contribution in [-0.2, 0) is 17.9 Å². The van der Waals surface area contributed by atoms with E-state index >= 15 is 0 Å². The molecule has 124 valence electrons. The lowest BCUT2D eigenvalue weighted by molar-refractivity contribution is -0.119. The number of benzene rings is 2. The molecule has 0 aliphatic heterocycles. The topological polar surface area (TPSA) is 80.1 Å². The second-order valence-electron chi connectivity index (χ2n) is 5.80. The van der Waals surface area contributed by atoms with E-state index in [9.17, 15) is 4.79 Å². The highest BCUT2D eigenvalue weighted by atomic mass is 16.5. The van der Waals surface area contributed by atoms with Gasteiger partial charge in [0, 0.05) is 23.6 Å². The fourth-order valence-corrected chi connectivity index (χ4v) is 2.50. The van der Waals surface area contributed by atoms with Crippen LogP contribution in [0.15, 0.2) is 54.7 Å². The van der Waals surface area contributed by atoms with Crippen molar-refractivity contribution >= 4 is 16.8 Å². The van der Waals surface area contributed by atoms with E-state index < -0.39 is 0 Å². The smallest absolute Gasteiger partial charge is 0.234 e. The fourth-order valence-electron chi connectivity index (χ4n) is 2.50. The number of rotatable bonds is 7. The van der Waals surface area contributed by atoms with Crippen LogP contribution in [0.1, 0.15) is 18.1 Å². The van der Waals surface area contributed by atoms with Crippen molar-refractivity contribution in [2.45, 2.75) is 26.1 Å². The molecule has 3 aromatic rings. The van der Waals surface area contributed by atoms with Crippen molar-refractivity contribution < 1.29 is 9.53 Å². The number of ether oxygens (including phenoxy) is 1. The first-order chi connectivity index (χ1) is 11.6. The number of nitrogens with one attached hydrogen (secondary N) is 2. The Labute approximate surface area is 140 Å². The Morgan fingerprint density at radius 3 is 2.79 bits per heavy atom. The van der Waals surface area contributed by atoms with Gasteiger partial charge >= 0.3 is 0 Å². The van der Waals surface area contributed by atoms with Crippen LogP contribution in [0.3, 0.4) is 0 Å². The number of aromatic amines is 1. The predicted molar refractivity (Wildman–Crippen MR) is 94.6 cm³/mol. The Balaban J connectivity index is 1.72. The molecule has 0 spiro atoms. The van der Waals surface area contributed by atoms with E-state index in [0.717, 1.165) is 27.8 Å². The van der Waals surface area contributed by atoms with Gasteiger partial charge in [-0.1, -0.05) is 30.3 Å². The van der Waals surface area contributed by atoms with E-state index in [1.807, 2.05) is 54.7 Å². The second-order valence-corrected chi connectivity index (χ2v) is 5.80. The number of fused-ring (bicyclic) bond motifs is 1. The van der Waals surface area contributed by atoms with Gasteiger partial charge in [0.25, 0.3) is 0 Å². The van der Waals surface area contributed by atoms with E-state index in [2.05, 4.69) is 10.3 Å². The van der Waals surface area contributed by atoms with Gasteiger partial charge in [0.1, 0.15) is 12.4 Å². The van der Waals surface area contributed by atoms with Gasteiger partial charge in [-0.15, -0.1) is 0 Å². The maximum atomic E-state index is 11.1. The van der Waals surface area contributed by atoms with Crippen molar-refractivity contribution in [3.05, 3.63) is 65.9 Å². The molecule has 5 nitrogen and oxygen atoms in total. The average molecular weight is 323 g/mol. The summed E-state index contributed by atoms with van der Waals surface area (Å²) in [5.74, 6) is 0.455. The third-order valence-electron chi connectivity index (χ3n) is 4.01. The fraction of sp³-hybridized carbons (Fsp3) is 0.211. The molecule has 2 aromatic carbocycles. The summed E-state index contributed by atoms with van der Waals surface area (Å²) in [5.41, 5.74) is 8.51. The average Bonchev–Trinajstić information content (AvgIpc) is 3.01. The van der Waals surface area contributed by atoms with Gasteiger partial charge in [-0.3, -0.25) is 4.79 Å². The summed E-state index contributed by atoms with van der Waals surface area (Å²) in [4.78, 5) is 14.4. The Morgan fingerprint density at radius 1 is 1.25 bits per heavy atom. The number of hydrogen-bond donors (Lipinski definition) is 3. The molecule has 4 N–H and O–H groups in total. The molecule has 0 unspecified atom stereocenters. The summed E-state index contributed by atoms with van der Waals surface area (Å²) < 4.78 is 5.88. The molecule has 1 atom stereocenters. The Morgan fingerprint density at radius 2 is 2.04 bits per heavy atom. The zero-order chi connectivity index (χ0) is 16.9. The Hall–Kier alpha value is -2.79. The van der Waals surface area contributed by atoms with Crippen molar-refractivity contribution in [1.29, 1.82) is 0 Å². The molecule has 0 bridgehead atoms. The van der Waals surface area contributed by atoms with Gasteiger partial charge in [-0.2, -0.15) is 0 Å². The first-order valence-corrected chi connectivity index (χ1v) is 7.93. The van der Waals surface area contributed by atoms with E-state index in [4.69, 9.17) is 10.5 Å². The third-order valence-corrected chi connectivity index (χ3v) is 4.01. The summed E-state index contributed by atoms with van der Waals surface area (Å²) in [6.45, 7) is 2.85. The van der Waals surface area contributed by atoms with Gasteiger partial charge in [-0.25, -0.2) is 0 Å². The van der Waals surface area contributed by atoms with Gasteiger partial charge in [0.05, 0.1) is 6.04 Å². The van der Waals surface area contributed by atoms with Crippen LogP contribution in [0, 0.1) is 0 Å². The van der Waals surface area contributed by atoms with Crippen LogP contribution in [0.4, 0.5) is 0 Å². The number of carbonyl (C=O) groups is 1. The van der Waals surface area contributed by atoms with Gasteiger partial charge < -0.3 is 20.8 Å². The molecule has 5 heteroatoms. The molecule has 0 aliphatic carbocycles. The van der Waals surface area contributed by atoms with Gasteiger partial charge in [0.2, 0.25) is 5.91 Å². The number of aromatic nitrogens is 1. The number of amides is 1. The van der Waals surface area contributed by atoms with Crippen molar-refractivity contribution in [1.82, 2.24) is 10.3 Å². The zero-order valence-corrected chi connectivity index (χ0v) is 13.6. The summed E-state index contributed by atoms with van der Waals surface area (Å²) in [6.07, 6.45) is 1.94. The molecule has 1 aromatic heterocycles. The van der Waals surface area contributed by atoms with Crippen LogP contribution in [0.5, 0.6) is 5.75 Å². The lowest BCUT2D eigenvalue weighted by atomic mass is 10.1. The van der Waals surface area contributed by atoms with Crippen molar-refractivity contribution in [2.75, 3.05) is 0 Å². The van der Waals surface area contributed by atoms with Crippen LogP contribution >= 0.6 is 0 Å². The maximum Gasteiger partial charge on any atom is 0.234 e. The minimum atomic E-state index is -0.368. The molecule has 3 rings (SSSR count). The van der Waals surface area contributed by atoms with Crippen molar-refractivity contribution in [3.8, 4) is 5.75 Å². The second kappa shape index (κ2) is 7.19. The summed E-state index contributed by atoms with van der Waals surface area (Å²) in [7, 11) is 0. The SMILES string of the molecule is C[C@H](NCc1c[nH]c2ccc(OCc3ccccc3)cc12)C(N)=O. The highest BCUT2D eigenvalue weighted by Crippen LogP contribution is 2.24. The molecule has 0 fully saturated rings. The zero-order valence-electron chi connectivity index (χ0n) is 13.6. The van der Waals surface area contributed by atoms with Crippen LogP contribution in [0.25, 0.3) is 10.9 Å². The van der Waals surface area contributed by atoms with Crippen molar-refractivity contribution in [2.24, 2.45) is 5.73 Å². The minimum absolute atomic E-state index is 0.360. The first-order valence-electron chi connectivity index (χ1n) is 7.93. The first kappa shape index (κ1) is 16.1. The molecule has 1 amide bonds. The summed E-state index contributed by atoms with van der Waals surface area (Å²) >= 11 is 0. The lowest BCUT2D eigenvalue weighted by Crippen LogP contribution is -2.38. The van der Waals surface area contributed by atoms with E-state index in [1.54, 1.807) is 6.92 Å². The van der Waals surface area contributed by atoms with E-state index in [0.29, 0.717) is 13.2 Å². The highest BCUT2D eigenvalue weighted by molar-refractivity contribution is 5.84. The van der Waals surface area contributed by atoms with Crippen LogP contribution in [-0.4, -0.2) is 16.9 Å². The van der Waals surface area contributed by atoms with E-state index in [-0.39, 0.29) is 11.9 Å². The summed E-state index contributed by atoms with van der Waals surface area (Å²) in [6, 6.07) is 15.7. The predicted octanol–water partition coefficient (Wildman–Crippen LogP) is 2.71. The molecule has 0 saturated heterocycles. The number of H-pyrrole nitrogens is 1. The molecular weight excluding hydrogens is 302 g/mol. The maximum absolute atomic E-state index is 11.1. The standard InChI is InChI=1S/C19H21N3O2/c1-13(19(20)23)21-10-15-11-22-18-8-7-16(9-17(15)18)24-12-14-5-3-2-4-6-14/h2-9,11,13,21-22H,10,12H2,1H3,(H2,20,23)/t13-/m0/s1. The molecule has 24 heavy (non-hydrogen) atoms. The molecule has 0 saturated carbocycles. The molecule has 1 heterocycles. The number of hydrogen-bond acceptors (Lipinski definition) is 3. The molecule has 0 aliphatic rings. The number of nitrogens with two attached hydrogens (primary N) is 1. The Kier molecular flexibility index (Phi) is 4.82. The quantitative estimate of drug-likeness (QED) is 0.625. The largest absolute Gasteiger partial charge is 0.489 e. The number of primary amides is 1. The molecule has 0 radical (unpaired) electrons. The minimum Gasteiger partial charge on any atom is -0.489 e. The van der Waals surface area contributed by atoms with Crippen molar-refractivity contribution in [3.63, 3.8) is 0 Å². The molecular formula is C19H21N3O2. The van der Waals surface area contributed by atoms with Gasteiger partial charge in [-0.05, 0) is 36.2 Å². The van der Waals surface area contributed by atoms with Crippen LogP contribution < -0.4 is 15.8 Å². The number of carbonyl (C=O) groups excluding carboxylic acids is 1.